The maximum Gasteiger partial charge on any atom is 0.317 e. The molecule has 1 aliphatic heterocycles. The first kappa shape index (κ1) is 16.3. The second kappa shape index (κ2) is 7.82. The number of amides is 3. The van der Waals surface area contributed by atoms with Gasteiger partial charge in [-0.05, 0) is 50.3 Å². The van der Waals surface area contributed by atoms with E-state index in [0.717, 1.165) is 37.1 Å². The number of likely N-dealkylation sites (tertiary alicyclic amines) is 1. The molecule has 1 atom stereocenters. The Kier molecular flexibility index (Phi) is 5.81. The highest BCUT2D eigenvalue weighted by molar-refractivity contribution is 5.88. The summed E-state index contributed by atoms with van der Waals surface area (Å²) in [6, 6.07) is 8.09. The second-order valence-electron chi connectivity index (χ2n) is 5.90. The van der Waals surface area contributed by atoms with Crippen LogP contribution in [0.5, 0.6) is 0 Å². The Labute approximate surface area is 132 Å². The van der Waals surface area contributed by atoms with E-state index < -0.39 is 0 Å². The summed E-state index contributed by atoms with van der Waals surface area (Å²) in [6.07, 6.45) is 4.19. The molecule has 0 bridgehead atoms. The zero-order valence-electron chi connectivity index (χ0n) is 13.4. The number of hydrogen-bond acceptors (Lipinski definition) is 2. The van der Waals surface area contributed by atoms with Crippen molar-refractivity contribution in [2.75, 3.05) is 18.4 Å². The first-order chi connectivity index (χ1) is 10.6. The van der Waals surface area contributed by atoms with Gasteiger partial charge < -0.3 is 15.5 Å². The predicted molar refractivity (Wildman–Crippen MR) is 87.9 cm³/mol. The van der Waals surface area contributed by atoms with Gasteiger partial charge in [-0.15, -0.1) is 0 Å². The fourth-order valence-corrected chi connectivity index (χ4v) is 2.77. The molecule has 0 saturated carbocycles. The Balaban J connectivity index is 1.76. The third-order valence-electron chi connectivity index (χ3n) is 4.03. The molecular weight excluding hydrogens is 278 g/mol. The third-order valence-corrected chi connectivity index (χ3v) is 4.03. The van der Waals surface area contributed by atoms with E-state index in [-0.39, 0.29) is 11.9 Å². The lowest BCUT2D eigenvalue weighted by atomic mass is 10.0. The summed E-state index contributed by atoms with van der Waals surface area (Å²) >= 11 is 0. The predicted octanol–water partition coefficient (Wildman–Crippen LogP) is 2.77. The Morgan fingerprint density at radius 3 is 2.59 bits per heavy atom. The summed E-state index contributed by atoms with van der Waals surface area (Å²) in [5, 5.41) is 5.73. The Hall–Kier alpha value is -2.04. The molecule has 22 heavy (non-hydrogen) atoms. The normalized spacial score (nSPS) is 17.9. The van der Waals surface area contributed by atoms with Gasteiger partial charge in [0.25, 0.3) is 0 Å². The van der Waals surface area contributed by atoms with Crippen molar-refractivity contribution >= 4 is 17.6 Å². The molecule has 1 saturated heterocycles. The fourth-order valence-electron chi connectivity index (χ4n) is 2.77. The van der Waals surface area contributed by atoms with Crippen LogP contribution in [-0.4, -0.2) is 36.0 Å². The smallest absolute Gasteiger partial charge is 0.317 e. The lowest BCUT2D eigenvalue weighted by Gasteiger charge is -2.33. The number of carbonyl (C=O) groups is 2. The molecule has 1 fully saturated rings. The van der Waals surface area contributed by atoms with Gasteiger partial charge in [-0.1, -0.05) is 12.1 Å². The molecule has 1 aliphatic rings. The standard InChI is InChI=1S/C17H25N3O2/c1-13-5-3-4-12-20(13)17(22)18-11-10-15-6-8-16(9-7-15)19-14(2)21/h6-9,13H,3-5,10-12H2,1-2H3,(H,18,22)(H,19,21). The molecule has 5 heteroatoms. The van der Waals surface area contributed by atoms with Crippen LogP contribution in [0.4, 0.5) is 10.5 Å². The molecule has 0 aliphatic carbocycles. The Morgan fingerprint density at radius 2 is 1.95 bits per heavy atom. The fraction of sp³-hybridized carbons (Fsp3) is 0.529. The first-order valence-electron chi connectivity index (χ1n) is 7.97. The Morgan fingerprint density at radius 1 is 1.23 bits per heavy atom. The zero-order valence-corrected chi connectivity index (χ0v) is 13.4. The van der Waals surface area contributed by atoms with Crippen molar-refractivity contribution in [1.82, 2.24) is 10.2 Å². The minimum atomic E-state index is -0.0735. The van der Waals surface area contributed by atoms with Crippen LogP contribution in [0, 0.1) is 0 Å². The SMILES string of the molecule is CC(=O)Nc1ccc(CCNC(=O)N2CCCCC2C)cc1. The van der Waals surface area contributed by atoms with Crippen molar-refractivity contribution in [2.24, 2.45) is 0 Å². The molecule has 120 valence electrons. The summed E-state index contributed by atoms with van der Waals surface area (Å²) in [7, 11) is 0. The quantitative estimate of drug-likeness (QED) is 0.898. The lowest BCUT2D eigenvalue weighted by Crippen LogP contribution is -2.47. The van der Waals surface area contributed by atoms with E-state index in [0.29, 0.717) is 12.6 Å². The number of rotatable bonds is 4. The number of benzene rings is 1. The van der Waals surface area contributed by atoms with Gasteiger partial charge in [0.05, 0.1) is 0 Å². The summed E-state index contributed by atoms with van der Waals surface area (Å²) in [4.78, 5) is 25.0. The Bertz CT molecular complexity index is 513. The van der Waals surface area contributed by atoms with Crippen molar-refractivity contribution < 1.29 is 9.59 Å². The maximum atomic E-state index is 12.1. The van der Waals surface area contributed by atoms with E-state index in [1.807, 2.05) is 29.2 Å². The minimum Gasteiger partial charge on any atom is -0.338 e. The second-order valence-corrected chi connectivity index (χ2v) is 5.90. The van der Waals surface area contributed by atoms with E-state index in [4.69, 9.17) is 0 Å². The highest BCUT2D eigenvalue weighted by atomic mass is 16.2. The van der Waals surface area contributed by atoms with Gasteiger partial charge in [0, 0.05) is 31.7 Å². The van der Waals surface area contributed by atoms with Gasteiger partial charge in [0.15, 0.2) is 0 Å². The van der Waals surface area contributed by atoms with E-state index >= 15 is 0 Å². The van der Waals surface area contributed by atoms with Crippen LogP contribution >= 0.6 is 0 Å². The molecular formula is C17H25N3O2. The van der Waals surface area contributed by atoms with Crippen molar-refractivity contribution in [3.63, 3.8) is 0 Å². The number of carbonyl (C=O) groups excluding carboxylic acids is 2. The van der Waals surface area contributed by atoms with E-state index in [1.54, 1.807) is 0 Å². The van der Waals surface area contributed by atoms with Gasteiger partial charge in [0.2, 0.25) is 5.91 Å². The van der Waals surface area contributed by atoms with Gasteiger partial charge in [-0.3, -0.25) is 4.79 Å². The highest BCUT2D eigenvalue weighted by Crippen LogP contribution is 2.16. The largest absolute Gasteiger partial charge is 0.338 e. The zero-order chi connectivity index (χ0) is 15.9. The van der Waals surface area contributed by atoms with E-state index in [9.17, 15) is 9.59 Å². The molecule has 1 heterocycles. The molecule has 1 aromatic rings. The van der Waals surface area contributed by atoms with Crippen LogP contribution in [0.3, 0.4) is 0 Å². The van der Waals surface area contributed by atoms with Crippen molar-refractivity contribution in [2.45, 2.75) is 45.6 Å². The summed E-state index contributed by atoms with van der Waals surface area (Å²) in [5.41, 5.74) is 1.93. The monoisotopic (exact) mass is 303 g/mol. The maximum absolute atomic E-state index is 12.1. The van der Waals surface area contributed by atoms with Crippen LogP contribution < -0.4 is 10.6 Å². The molecule has 0 aromatic heterocycles. The van der Waals surface area contributed by atoms with Crippen LogP contribution in [0.2, 0.25) is 0 Å². The molecule has 1 aromatic carbocycles. The molecule has 3 amide bonds. The van der Waals surface area contributed by atoms with Crippen LogP contribution in [0.15, 0.2) is 24.3 Å². The molecule has 2 rings (SSSR count). The number of anilines is 1. The minimum absolute atomic E-state index is 0.0436. The van der Waals surface area contributed by atoms with E-state index in [1.165, 1.54) is 13.3 Å². The molecule has 1 unspecified atom stereocenters. The van der Waals surface area contributed by atoms with Crippen LogP contribution in [-0.2, 0) is 11.2 Å². The van der Waals surface area contributed by atoms with E-state index in [2.05, 4.69) is 17.6 Å². The van der Waals surface area contributed by atoms with Crippen molar-refractivity contribution in [3.05, 3.63) is 29.8 Å². The summed E-state index contributed by atoms with van der Waals surface area (Å²) in [5.74, 6) is -0.0735. The molecule has 0 radical (unpaired) electrons. The molecule has 0 spiro atoms. The van der Waals surface area contributed by atoms with Gasteiger partial charge in [-0.2, -0.15) is 0 Å². The van der Waals surface area contributed by atoms with Crippen LogP contribution in [0.25, 0.3) is 0 Å². The molecule has 2 N–H and O–H groups in total. The number of hydrogen-bond donors (Lipinski definition) is 2. The van der Waals surface area contributed by atoms with Crippen LogP contribution in [0.1, 0.15) is 38.7 Å². The number of nitrogens with one attached hydrogen (secondary N) is 2. The molecule has 5 nitrogen and oxygen atoms in total. The topological polar surface area (TPSA) is 61.4 Å². The lowest BCUT2D eigenvalue weighted by molar-refractivity contribution is -0.114. The first-order valence-corrected chi connectivity index (χ1v) is 7.97. The number of urea groups is 1. The van der Waals surface area contributed by atoms with Crippen molar-refractivity contribution in [3.8, 4) is 0 Å². The summed E-state index contributed by atoms with van der Waals surface area (Å²) < 4.78 is 0. The number of piperidine rings is 1. The average Bonchev–Trinajstić information content (AvgIpc) is 2.49. The number of nitrogens with zero attached hydrogens (tertiary/aromatic N) is 1. The highest BCUT2D eigenvalue weighted by Gasteiger charge is 2.22. The van der Waals surface area contributed by atoms with Crippen molar-refractivity contribution in [1.29, 1.82) is 0 Å². The third kappa shape index (κ3) is 4.76. The summed E-state index contributed by atoms with van der Waals surface area (Å²) in [6.45, 7) is 5.09. The van der Waals surface area contributed by atoms with Gasteiger partial charge in [0.1, 0.15) is 0 Å². The average molecular weight is 303 g/mol. The van der Waals surface area contributed by atoms with Gasteiger partial charge in [-0.25, -0.2) is 4.79 Å². The van der Waals surface area contributed by atoms with Gasteiger partial charge >= 0.3 is 6.03 Å².